The van der Waals surface area contributed by atoms with Crippen LogP contribution in [0.3, 0.4) is 0 Å². The molecule has 3 aromatic rings. The normalized spacial score (nSPS) is 13.1. The van der Waals surface area contributed by atoms with Gasteiger partial charge in [-0.25, -0.2) is 22.0 Å². The molecule has 35 heavy (non-hydrogen) atoms. The number of primary sulfonamides is 1. The third-order valence-electron chi connectivity index (χ3n) is 5.31. The average Bonchev–Trinajstić information content (AvgIpc) is 3.15. The van der Waals surface area contributed by atoms with Gasteiger partial charge in [0.25, 0.3) is 5.91 Å². The van der Waals surface area contributed by atoms with Crippen molar-refractivity contribution >= 4 is 47.5 Å². The first-order valence-electron chi connectivity index (χ1n) is 11.4. The van der Waals surface area contributed by atoms with Gasteiger partial charge >= 0.3 is 0 Å². The van der Waals surface area contributed by atoms with Crippen LogP contribution in [0.4, 0.5) is 0 Å². The number of fused-ring (bicyclic) bond motifs is 1. The molecule has 0 aliphatic carbocycles. The number of rotatable bonds is 10. The number of aryl methyl sites for hydroxylation is 1. The van der Waals surface area contributed by atoms with E-state index >= 15 is 0 Å². The number of hydrogen-bond donors (Lipinski definition) is 1. The molecule has 0 spiro atoms. The third-order valence-corrected chi connectivity index (χ3v) is 9.18. The van der Waals surface area contributed by atoms with Gasteiger partial charge in [-0.15, -0.1) is 0 Å². The van der Waals surface area contributed by atoms with Crippen LogP contribution in [0.5, 0.6) is 0 Å². The topological polar surface area (TPSA) is 132 Å². The van der Waals surface area contributed by atoms with Gasteiger partial charge in [-0.05, 0) is 61.7 Å². The number of carbonyl (C=O) groups is 1. The molecular formula is C23H30N4O5S3. The van der Waals surface area contributed by atoms with E-state index in [9.17, 15) is 21.6 Å². The zero-order chi connectivity index (χ0) is 25.8. The minimum Gasteiger partial charge on any atom is -0.316 e. The number of benzene rings is 2. The summed E-state index contributed by atoms with van der Waals surface area (Å²) in [5.74, 6) is -0.518. The van der Waals surface area contributed by atoms with Crippen LogP contribution in [0.1, 0.15) is 50.4 Å². The fourth-order valence-electron chi connectivity index (χ4n) is 3.68. The Morgan fingerprint density at radius 2 is 1.54 bits per heavy atom. The summed E-state index contributed by atoms with van der Waals surface area (Å²) in [6, 6.07) is 10.4. The lowest BCUT2D eigenvalue weighted by Gasteiger charge is -2.21. The molecule has 1 amide bonds. The van der Waals surface area contributed by atoms with Gasteiger partial charge in [0.05, 0.1) is 20.0 Å². The van der Waals surface area contributed by atoms with Crippen molar-refractivity contribution in [2.24, 2.45) is 10.1 Å². The second kappa shape index (κ2) is 11.1. The quantitative estimate of drug-likeness (QED) is 0.423. The minimum atomic E-state index is -3.86. The van der Waals surface area contributed by atoms with Crippen LogP contribution in [-0.2, 0) is 26.6 Å². The molecule has 0 aliphatic heterocycles. The van der Waals surface area contributed by atoms with Gasteiger partial charge in [-0.2, -0.15) is 9.30 Å². The van der Waals surface area contributed by atoms with Crippen molar-refractivity contribution in [2.75, 3.05) is 13.1 Å². The largest absolute Gasteiger partial charge is 0.316 e. The van der Waals surface area contributed by atoms with Crippen molar-refractivity contribution in [1.82, 2.24) is 8.87 Å². The smallest absolute Gasteiger partial charge is 0.279 e. The molecule has 1 heterocycles. The average molecular weight is 539 g/mol. The Hall–Kier alpha value is -2.38. The maximum absolute atomic E-state index is 13.0. The van der Waals surface area contributed by atoms with Gasteiger partial charge in [-0.3, -0.25) is 4.79 Å². The minimum absolute atomic E-state index is 0.00948. The van der Waals surface area contributed by atoms with E-state index in [2.05, 4.69) is 4.99 Å². The van der Waals surface area contributed by atoms with E-state index in [0.717, 1.165) is 11.9 Å². The maximum Gasteiger partial charge on any atom is 0.279 e. The molecule has 12 heteroatoms. The summed E-state index contributed by atoms with van der Waals surface area (Å²) in [7, 11) is -7.50. The molecule has 2 aromatic carbocycles. The van der Waals surface area contributed by atoms with E-state index in [4.69, 9.17) is 5.14 Å². The number of thiazole rings is 1. The fraction of sp³-hybridized carbons (Fsp3) is 0.391. The first-order valence-corrected chi connectivity index (χ1v) is 15.2. The van der Waals surface area contributed by atoms with Gasteiger partial charge < -0.3 is 4.57 Å². The Morgan fingerprint density at radius 3 is 2.09 bits per heavy atom. The highest BCUT2D eigenvalue weighted by Gasteiger charge is 2.23. The molecule has 0 bridgehead atoms. The van der Waals surface area contributed by atoms with Crippen LogP contribution < -0.4 is 9.94 Å². The molecule has 0 saturated heterocycles. The number of aromatic nitrogens is 1. The Labute approximate surface area is 210 Å². The molecule has 2 N–H and O–H groups in total. The summed E-state index contributed by atoms with van der Waals surface area (Å²) in [6.45, 7) is 7.29. The summed E-state index contributed by atoms with van der Waals surface area (Å²) < 4.78 is 53.3. The molecular weight excluding hydrogens is 508 g/mol. The zero-order valence-electron chi connectivity index (χ0n) is 20.0. The van der Waals surface area contributed by atoms with Crippen molar-refractivity contribution in [3.05, 3.63) is 52.8 Å². The van der Waals surface area contributed by atoms with Crippen LogP contribution in [-0.4, -0.2) is 44.7 Å². The second-order valence-corrected chi connectivity index (χ2v) is 12.6. The molecule has 0 aliphatic rings. The number of sulfonamides is 2. The summed E-state index contributed by atoms with van der Waals surface area (Å²) in [5, 5.41) is 5.25. The fourth-order valence-corrected chi connectivity index (χ4v) is 7.01. The lowest BCUT2D eigenvalue weighted by molar-refractivity contribution is 0.0997. The van der Waals surface area contributed by atoms with E-state index in [0.29, 0.717) is 42.0 Å². The van der Waals surface area contributed by atoms with Gasteiger partial charge in [-0.1, -0.05) is 32.1 Å². The number of nitrogens with zero attached hydrogens (tertiary/aromatic N) is 3. The third kappa shape index (κ3) is 6.07. The summed E-state index contributed by atoms with van der Waals surface area (Å²) in [6.07, 6.45) is 2.20. The number of hydrogen-bond acceptors (Lipinski definition) is 6. The van der Waals surface area contributed by atoms with Gasteiger partial charge in [0.1, 0.15) is 0 Å². The summed E-state index contributed by atoms with van der Waals surface area (Å²) >= 11 is 1.19. The molecule has 0 atom stereocenters. The molecule has 0 radical (unpaired) electrons. The zero-order valence-corrected chi connectivity index (χ0v) is 22.4. The second-order valence-electron chi connectivity index (χ2n) is 8.06. The van der Waals surface area contributed by atoms with Crippen molar-refractivity contribution < 1.29 is 21.6 Å². The highest BCUT2D eigenvalue weighted by atomic mass is 32.2. The number of carbonyl (C=O) groups excluding carboxylic acids is 1. The molecule has 0 saturated carbocycles. The van der Waals surface area contributed by atoms with Crippen LogP contribution in [0.2, 0.25) is 0 Å². The highest BCUT2D eigenvalue weighted by molar-refractivity contribution is 7.89. The van der Waals surface area contributed by atoms with Crippen molar-refractivity contribution in [1.29, 1.82) is 0 Å². The van der Waals surface area contributed by atoms with Crippen LogP contribution >= 0.6 is 11.3 Å². The molecule has 9 nitrogen and oxygen atoms in total. The van der Waals surface area contributed by atoms with Crippen LogP contribution in [0.25, 0.3) is 10.2 Å². The SMILES string of the molecule is CCCN(CCC)S(=O)(=O)c1ccc(C(=O)N=c2sc3cc(S(N)(=O)=O)ccc3n2CCC)cc1. The van der Waals surface area contributed by atoms with Crippen LogP contribution in [0.15, 0.2) is 57.2 Å². The number of amides is 1. The lowest BCUT2D eigenvalue weighted by Crippen LogP contribution is -2.32. The van der Waals surface area contributed by atoms with E-state index in [1.54, 1.807) is 6.07 Å². The molecule has 190 valence electrons. The molecule has 0 unspecified atom stereocenters. The van der Waals surface area contributed by atoms with Crippen LogP contribution in [0, 0.1) is 0 Å². The van der Waals surface area contributed by atoms with E-state index < -0.39 is 26.0 Å². The number of nitrogens with two attached hydrogens (primary N) is 1. The summed E-state index contributed by atoms with van der Waals surface area (Å²) in [4.78, 5) is 17.7. The van der Waals surface area contributed by atoms with Crippen molar-refractivity contribution in [3.8, 4) is 0 Å². The monoisotopic (exact) mass is 538 g/mol. The predicted molar refractivity (Wildman–Crippen MR) is 137 cm³/mol. The Morgan fingerprint density at radius 1 is 0.943 bits per heavy atom. The van der Waals surface area contributed by atoms with Gasteiger partial charge in [0.2, 0.25) is 20.0 Å². The highest BCUT2D eigenvalue weighted by Crippen LogP contribution is 2.22. The Bertz CT molecular complexity index is 1480. The van der Waals surface area contributed by atoms with E-state index in [1.165, 1.54) is 52.0 Å². The van der Waals surface area contributed by atoms with E-state index in [1.807, 2.05) is 25.3 Å². The Balaban J connectivity index is 1.99. The molecule has 1 aromatic heterocycles. The van der Waals surface area contributed by atoms with E-state index in [-0.39, 0.29) is 15.4 Å². The van der Waals surface area contributed by atoms with Crippen molar-refractivity contribution in [3.63, 3.8) is 0 Å². The molecule has 0 fully saturated rings. The van der Waals surface area contributed by atoms with Gasteiger partial charge in [0, 0.05) is 25.2 Å². The first-order chi connectivity index (χ1) is 16.5. The maximum atomic E-state index is 13.0. The van der Waals surface area contributed by atoms with Crippen molar-refractivity contribution in [2.45, 2.75) is 56.4 Å². The standard InChI is InChI=1S/C23H30N4O5S3/c1-4-13-26(14-5-2)35(31,32)18-9-7-17(8-10-18)22(28)25-23-27(15-6-3)20-12-11-19(34(24,29)30)16-21(20)33-23/h7-12,16H,4-6,13-15H2,1-3H3,(H2,24,29,30). The Kier molecular flexibility index (Phi) is 8.65. The summed E-state index contributed by atoms with van der Waals surface area (Å²) in [5.41, 5.74) is 1.01. The lowest BCUT2D eigenvalue weighted by atomic mass is 10.2. The molecule has 3 rings (SSSR count). The first kappa shape index (κ1) is 27.2. The van der Waals surface area contributed by atoms with Gasteiger partial charge in [0.15, 0.2) is 4.80 Å². The predicted octanol–water partition coefficient (Wildman–Crippen LogP) is 3.31.